The number of para-hydroxylation sites is 2. The Morgan fingerprint density at radius 3 is 2.38 bits per heavy atom. The second-order valence-electron chi connectivity index (χ2n) is 10.5. The van der Waals surface area contributed by atoms with E-state index >= 15 is 0 Å². The molecule has 194 valence electrons. The van der Waals surface area contributed by atoms with E-state index in [0.717, 1.165) is 22.9 Å². The first-order valence-electron chi connectivity index (χ1n) is 13.4. The van der Waals surface area contributed by atoms with E-state index in [2.05, 4.69) is 0 Å². The summed E-state index contributed by atoms with van der Waals surface area (Å²) in [6.45, 7) is 0.689. The lowest BCUT2D eigenvalue weighted by Crippen LogP contribution is -2.54. The summed E-state index contributed by atoms with van der Waals surface area (Å²) in [7, 11) is 0. The predicted molar refractivity (Wildman–Crippen MR) is 145 cm³/mol. The number of esters is 1. The van der Waals surface area contributed by atoms with E-state index in [9.17, 15) is 14.4 Å². The Morgan fingerprint density at radius 2 is 1.59 bits per heavy atom. The van der Waals surface area contributed by atoms with Crippen LogP contribution in [0, 0.1) is 11.8 Å². The lowest BCUT2D eigenvalue weighted by molar-refractivity contribution is -0.161. The Labute approximate surface area is 226 Å². The van der Waals surface area contributed by atoms with Gasteiger partial charge in [0.2, 0.25) is 11.8 Å². The summed E-state index contributed by atoms with van der Waals surface area (Å²) in [5.41, 5.74) is 1.66. The molecular formula is C32H27N3O4. The van der Waals surface area contributed by atoms with E-state index < -0.39 is 29.4 Å². The lowest BCUT2D eigenvalue weighted by atomic mass is 9.78. The molecule has 3 aliphatic rings. The first kappa shape index (κ1) is 23.7. The predicted octanol–water partition coefficient (Wildman–Crippen LogP) is 4.67. The van der Waals surface area contributed by atoms with Crippen LogP contribution in [-0.2, 0) is 25.7 Å². The molecule has 7 nitrogen and oxygen atoms in total. The van der Waals surface area contributed by atoms with Crippen LogP contribution in [0.4, 0.5) is 5.69 Å². The Kier molecular flexibility index (Phi) is 5.56. The maximum absolute atomic E-state index is 14.2. The van der Waals surface area contributed by atoms with E-state index in [0.29, 0.717) is 24.3 Å². The van der Waals surface area contributed by atoms with E-state index in [1.54, 1.807) is 24.3 Å². The van der Waals surface area contributed by atoms with Crippen molar-refractivity contribution in [1.29, 1.82) is 0 Å². The molecule has 0 bridgehead atoms. The molecular weight excluding hydrogens is 490 g/mol. The molecule has 4 aromatic rings. The summed E-state index contributed by atoms with van der Waals surface area (Å²) < 4.78 is 5.92. The fourth-order valence-electron chi connectivity index (χ4n) is 6.90. The molecule has 7 rings (SSSR count). The highest BCUT2D eigenvalue weighted by Gasteiger charge is 2.74. The number of fused-ring (bicyclic) bond motifs is 4. The number of hydrogen-bond donors (Lipinski definition) is 0. The van der Waals surface area contributed by atoms with Crippen molar-refractivity contribution in [3.05, 3.63) is 108 Å². The van der Waals surface area contributed by atoms with Crippen LogP contribution in [0.15, 0.2) is 97.1 Å². The highest BCUT2D eigenvalue weighted by Crippen LogP contribution is 2.59. The average Bonchev–Trinajstić information content (AvgIpc) is 3.61. The molecule has 3 saturated heterocycles. The summed E-state index contributed by atoms with van der Waals surface area (Å²) in [5.74, 6) is -2.67. The van der Waals surface area contributed by atoms with Gasteiger partial charge in [0, 0.05) is 11.9 Å². The van der Waals surface area contributed by atoms with Crippen LogP contribution in [0.5, 0.6) is 0 Å². The van der Waals surface area contributed by atoms with Crippen LogP contribution >= 0.6 is 0 Å². The SMILES string of the molecule is O=C1[C@H]2[C@@H](C(=O)N1c1ccccc1)[C@]1(C(=O)OCc3ccccc3)CCCN1[C@H]2c1ccc2ccccc2n1. The van der Waals surface area contributed by atoms with Gasteiger partial charge in [0.25, 0.3) is 0 Å². The van der Waals surface area contributed by atoms with Crippen LogP contribution in [0.1, 0.15) is 30.1 Å². The molecule has 0 radical (unpaired) electrons. The number of carbonyl (C=O) groups is 3. The standard InChI is InChI=1S/C32H27N3O4/c36-29-26-27(30(37)35(29)23-13-5-2-6-14-23)32(31(38)39-20-21-10-3-1-4-11-21)18-9-19-34(32)28(26)25-17-16-22-12-7-8-15-24(22)33-25/h1-8,10-17,26-28H,9,18-20H2/t26-,27-,28-,32-/m0/s1. The van der Waals surface area contributed by atoms with Crippen molar-refractivity contribution in [2.75, 3.05) is 11.4 Å². The second-order valence-corrected chi connectivity index (χ2v) is 10.5. The summed E-state index contributed by atoms with van der Waals surface area (Å²) in [6.07, 6.45) is 1.17. The quantitative estimate of drug-likeness (QED) is 0.283. The summed E-state index contributed by atoms with van der Waals surface area (Å²) >= 11 is 0. The number of rotatable bonds is 5. The largest absolute Gasteiger partial charge is 0.459 e. The molecule has 4 heterocycles. The van der Waals surface area contributed by atoms with E-state index in [1.165, 1.54) is 4.90 Å². The third kappa shape index (κ3) is 3.53. The number of aromatic nitrogens is 1. The molecule has 0 unspecified atom stereocenters. The number of carbonyl (C=O) groups excluding carboxylic acids is 3. The minimum Gasteiger partial charge on any atom is -0.459 e. The molecule has 4 atom stereocenters. The molecule has 3 aromatic carbocycles. The molecule has 3 fully saturated rings. The number of nitrogens with zero attached hydrogens (tertiary/aromatic N) is 3. The van der Waals surface area contributed by atoms with Gasteiger partial charge in [-0.3, -0.25) is 24.3 Å². The Bertz CT molecular complexity index is 1590. The lowest BCUT2D eigenvalue weighted by Gasteiger charge is -2.36. The highest BCUT2D eigenvalue weighted by atomic mass is 16.5. The van der Waals surface area contributed by atoms with Gasteiger partial charge in [-0.2, -0.15) is 0 Å². The van der Waals surface area contributed by atoms with Crippen molar-refractivity contribution in [3.63, 3.8) is 0 Å². The number of ether oxygens (including phenoxy) is 1. The highest BCUT2D eigenvalue weighted by molar-refractivity contribution is 6.24. The third-order valence-electron chi connectivity index (χ3n) is 8.51. The van der Waals surface area contributed by atoms with Crippen molar-refractivity contribution < 1.29 is 19.1 Å². The van der Waals surface area contributed by atoms with Gasteiger partial charge in [0.05, 0.1) is 34.8 Å². The molecule has 0 saturated carbocycles. The van der Waals surface area contributed by atoms with Gasteiger partial charge in [-0.05, 0) is 42.7 Å². The number of pyridine rings is 1. The van der Waals surface area contributed by atoms with E-state index in [1.807, 2.05) is 77.7 Å². The van der Waals surface area contributed by atoms with Gasteiger partial charge in [-0.25, -0.2) is 4.90 Å². The number of hydrogen-bond acceptors (Lipinski definition) is 6. The second kappa shape index (κ2) is 9.13. The Morgan fingerprint density at radius 1 is 0.872 bits per heavy atom. The minimum atomic E-state index is -1.23. The van der Waals surface area contributed by atoms with Crippen molar-refractivity contribution in [3.8, 4) is 0 Å². The average molecular weight is 518 g/mol. The van der Waals surface area contributed by atoms with Gasteiger partial charge in [0.1, 0.15) is 12.1 Å². The number of benzene rings is 3. The van der Waals surface area contributed by atoms with Gasteiger partial charge < -0.3 is 4.74 Å². The van der Waals surface area contributed by atoms with Crippen LogP contribution in [0.25, 0.3) is 10.9 Å². The molecule has 7 heteroatoms. The van der Waals surface area contributed by atoms with Crippen molar-refractivity contribution in [2.45, 2.75) is 31.0 Å². The smallest absolute Gasteiger partial charge is 0.327 e. The van der Waals surface area contributed by atoms with E-state index in [4.69, 9.17) is 9.72 Å². The summed E-state index contributed by atoms with van der Waals surface area (Å²) in [4.78, 5) is 50.6. The zero-order chi connectivity index (χ0) is 26.6. The first-order chi connectivity index (χ1) is 19.1. The monoisotopic (exact) mass is 517 g/mol. The molecule has 3 aliphatic heterocycles. The Hall–Kier alpha value is -4.36. The molecule has 1 aromatic heterocycles. The van der Waals surface area contributed by atoms with Crippen LogP contribution in [0.2, 0.25) is 0 Å². The number of anilines is 1. The molecule has 0 N–H and O–H groups in total. The third-order valence-corrected chi connectivity index (χ3v) is 8.51. The molecule has 0 spiro atoms. The van der Waals surface area contributed by atoms with Gasteiger partial charge in [-0.15, -0.1) is 0 Å². The maximum Gasteiger partial charge on any atom is 0.327 e. The summed E-state index contributed by atoms with van der Waals surface area (Å²) in [6, 6.07) is 29.7. The number of imide groups is 1. The fraction of sp³-hybridized carbons (Fsp3) is 0.250. The normalized spacial score (nSPS) is 26.2. The van der Waals surface area contributed by atoms with Gasteiger partial charge >= 0.3 is 5.97 Å². The zero-order valence-electron chi connectivity index (χ0n) is 21.3. The van der Waals surface area contributed by atoms with Crippen LogP contribution in [0.3, 0.4) is 0 Å². The van der Waals surface area contributed by atoms with Gasteiger partial charge in [0.15, 0.2) is 0 Å². The first-order valence-corrected chi connectivity index (χ1v) is 13.4. The van der Waals surface area contributed by atoms with Crippen molar-refractivity contribution in [2.24, 2.45) is 11.8 Å². The van der Waals surface area contributed by atoms with Gasteiger partial charge in [-0.1, -0.05) is 72.8 Å². The van der Waals surface area contributed by atoms with Crippen LogP contribution in [-0.4, -0.2) is 39.8 Å². The van der Waals surface area contributed by atoms with Crippen LogP contribution < -0.4 is 4.90 Å². The zero-order valence-corrected chi connectivity index (χ0v) is 21.3. The molecule has 2 amide bonds. The van der Waals surface area contributed by atoms with Crippen molar-refractivity contribution >= 4 is 34.4 Å². The minimum absolute atomic E-state index is 0.107. The molecule has 39 heavy (non-hydrogen) atoms. The van der Waals surface area contributed by atoms with E-state index in [-0.39, 0.29) is 18.4 Å². The topological polar surface area (TPSA) is 79.8 Å². The Balaban J connectivity index is 1.34. The fourth-order valence-corrected chi connectivity index (χ4v) is 6.90. The molecule has 0 aliphatic carbocycles. The number of amides is 2. The maximum atomic E-state index is 14.2. The summed E-state index contributed by atoms with van der Waals surface area (Å²) in [5, 5.41) is 0.991. The van der Waals surface area contributed by atoms with Crippen molar-refractivity contribution in [1.82, 2.24) is 9.88 Å².